The quantitative estimate of drug-likeness (QED) is 0.247. The van der Waals surface area contributed by atoms with E-state index in [0.717, 1.165) is 21.3 Å². The standard InChI is InChI=1S/C26H24O8.C5H.Co/c1-31-23(27)19-17(15-11-7-5-8-12-15)20(24(28)32-2)22(26(30)34-4)21(25(29)33-3)18(19)16-13-9-6-10-14-16;1-2-4-5-3-1;/h5-14,20,22H,1-4H3;1H;/q;-5;. The number of ether oxygens (including phenoxy) is 4. The third-order valence-corrected chi connectivity index (χ3v) is 5.95. The monoisotopic (exact) mass is 584 g/mol. The largest absolute Gasteiger partial charge is 0.999 e. The van der Waals surface area contributed by atoms with Crippen LogP contribution in [-0.2, 0) is 54.9 Å². The first-order valence-corrected chi connectivity index (χ1v) is 11.7. The normalized spacial score (nSPS) is 16.0. The van der Waals surface area contributed by atoms with E-state index in [2.05, 4.69) is 24.3 Å². The molecule has 0 spiro atoms. The molecule has 211 valence electrons. The van der Waals surface area contributed by atoms with E-state index < -0.39 is 35.7 Å². The number of methoxy groups -OCH3 is 4. The maximum Gasteiger partial charge on any atom is 0.338 e. The number of hydrogen-bond acceptors (Lipinski definition) is 8. The molecule has 0 heterocycles. The predicted octanol–water partition coefficient (Wildman–Crippen LogP) is 3.44. The van der Waals surface area contributed by atoms with E-state index >= 15 is 0 Å². The Bertz CT molecular complexity index is 1340. The summed E-state index contributed by atoms with van der Waals surface area (Å²) in [7, 11) is 4.65. The average Bonchev–Trinajstić information content (AvgIpc) is 3.59. The maximum atomic E-state index is 13.3. The summed E-state index contributed by atoms with van der Waals surface area (Å²) < 4.78 is 20.1. The van der Waals surface area contributed by atoms with Crippen LogP contribution in [0.15, 0.2) is 77.9 Å². The zero-order valence-electron chi connectivity index (χ0n) is 22.1. The van der Waals surface area contributed by atoms with Gasteiger partial charge in [-0.05, 0) is 16.7 Å². The molecule has 1 aliphatic rings. The van der Waals surface area contributed by atoms with Gasteiger partial charge in [-0.3, -0.25) is 9.59 Å². The van der Waals surface area contributed by atoms with Gasteiger partial charge in [0.05, 0.1) is 39.6 Å². The van der Waals surface area contributed by atoms with E-state index in [-0.39, 0.29) is 39.1 Å². The van der Waals surface area contributed by atoms with Gasteiger partial charge < -0.3 is 49.3 Å². The second-order valence-corrected chi connectivity index (χ2v) is 7.98. The molecule has 3 aromatic carbocycles. The van der Waals surface area contributed by atoms with Gasteiger partial charge in [0.1, 0.15) is 11.8 Å². The number of esters is 4. The topological polar surface area (TPSA) is 105 Å². The fourth-order valence-corrected chi connectivity index (χ4v) is 4.36. The molecule has 3 aromatic rings. The Morgan fingerprint density at radius 1 is 0.650 bits per heavy atom. The summed E-state index contributed by atoms with van der Waals surface area (Å²) in [6, 6.07) is 29.1. The van der Waals surface area contributed by atoms with Crippen molar-refractivity contribution in [3.63, 3.8) is 0 Å². The fourth-order valence-electron chi connectivity index (χ4n) is 4.36. The zero-order chi connectivity index (χ0) is 28.4. The molecular weight excluding hydrogens is 559 g/mol. The van der Waals surface area contributed by atoms with Crippen molar-refractivity contribution in [2.75, 3.05) is 28.4 Å². The Morgan fingerprint density at radius 2 is 1.12 bits per heavy atom. The molecule has 1 aliphatic carbocycles. The average molecular weight is 584 g/mol. The van der Waals surface area contributed by atoms with Crippen molar-refractivity contribution >= 4 is 35.0 Å². The van der Waals surface area contributed by atoms with Crippen molar-refractivity contribution in [1.29, 1.82) is 0 Å². The molecule has 0 N–H and O–H groups in total. The molecule has 0 aliphatic heterocycles. The smallest absolute Gasteiger partial charge is 0.338 e. The predicted molar refractivity (Wildman–Crippen MR) is 139 cm³/mol. The molecule has 2 unspecified atom stereocenters. The van der Waals surface area contributed by atoms with E-state index in [1.54, 1.807) is 66.7 Å². The van der Waals surface area contributed by atoms with Gasteiger partial charge in [0.2, 0.25) is 0 Å². The van der Waals surface area contributed by atoms with Crippen molar-refractivity contribution in [1.82, 2.24) is 0 Å². The second kappa shape index (κ2) is 15.3. The number of carbonyl (C=O) groups excluding carboxylic acids is 4. The Balaban J connectivity index is 0.000000840. The molecule has 0 aromatic heterocycles. The first-order chi connectivity index (χ1) is 18.9. The molecule has 0 fully saturated rings. The van der Waals surface area contributed by atoms with Gasteiger partial charge in [0.25, 0.3) is 0 Å². The number of hydrogen-bond donors (Lipinski definition) is 0. The SMILES string of the molecule is COC(=O)C1=C(c2ccccc2)C(C(=O)OC)C(C(=O)OC)C(C(=O)OC)=C1c1ccccc1.[Co].[c-]1[c-][c-][cH-][c-]1. The minimum atomic E-state index is -1.44. The van der Waals surface area contributed by atoms with Crippen LogP contribution in [0.5, 0.6) is 0 Å². The molecule has 0 saturated heterocycles. The van der Waals surface area contributed by atoms with Crippen LogP contribution in [0, 0.1) is 36.1 Å². The van der Waals surface area contributed by atoms with Crippen LogP contribution in [0.25, 0.3) is 11.1 Å². The molecule has 9 heteroatoms. The minimum Gasteiger partial charge on any atom is -0.999 e. The number of rotatable bonds is 6. The number of carbonyl (C=O) groups is 4. The Morgan fingerprint density at radius 3 is 1.55 bits per heavy atom. The zero-order valence-corrected chi connectivity index (χ0v) is 23.1. The van der Waals surface area contributed by atoms with E-state index in [9.17, 15) is 19.2 Å². The van der Waals surface area contributed by atoms with Gasteiger partial charge in [-0.2, -0.15) is 0 Å². The van der Waals surface area contributed by atoms with Crippen LogP contribution in [-0.4, -0.2) is 52.3 Å². The maximum absolute atomic E-state index is 13.3. The van der Waals surface area contributed by atoms with Crippen molar-refractivity contribution in [3.8, 4) is 0 Å². The van der Waals surface area contributed by atoms with Crippen molar-refractivity contribution in [2.24, 2.45) is 11.8 Å². The van der Waals surface area contributed by atoms with Crippen molar-refractivity contribution in [3.05, 3.63) is 113 Å². The van der Waals surface area contributed by atoms with Crippen LogP contribution in [0.2, 0.25) is 0 Å². The minimum absolute atomic E-state index is 0. The van der Waals surface area contributed by atoms with E-state index in [1.807, 2.05) is 0 Å². The fraction of sp³-hybridized carbons (Fsp3) is 0.194. The van der Waals surface area contributed by atoms with Crippen LogP contribution < -0.4 is 0 Å². The van der Waals surface area contributed by atoms with Crippen LogP contribution in [0.4, 0.5) is 0 Å². The third kappa shape index (κ3) is 6.80. The second-order valence-electron chi connectivity index (χ2n) is 7.98. The van der Waals surface area contributed by atoms with Gasteiger partial charge in [-0.1, -0.05) is 60.7 Å². The summed E-state index contributed by atoms with van der Waals surface area (Å²) in [6.07, 6.45) is 0. The molecule has 2 atom stereocenters. The molecule has 0 bridgehead atoms. The summed E-state index contributed by atoms with van der Waals surface area (Å²) in [4.78, 5) is 52.6. The summed E-state index contributed by atoms with van der Waals surface area (Å²) in [5, 5.41) is 0. The third-order valence-electron chi connectivity index (χ3n) is 5.95. The Labute approximate surface area is 243 Å². The van der Waals surface area contributed by atoms with Gasteiger partial charge in [0, 0.05) is 22.4 Å². The molecule has 0 saturated carbocycles. The van der Waals surface area contributed by atoms with Crippen LogP contribution >= 0.6 is 0 Å². The Kier molecular flexibility index (Phi) is 12.2. The Hall–Kier alpha value is -4.34. The number of benzene rings is 2. The molecule has 8 nitrogen and oxygen atoms in total. The van der Waals surface area contributed by atoms with Gasteiger partial charge in [-0.15, -0.1) is 0 Å². The first kappa shape index (κ1) is 31.9. The van der Waals surface area contributed by atoms with Crippen molar-refractivity contribution < 1.29 is 54.9 Å². The molecule has 40 heavy (non-hydrogen) atoms. The van der Waals surface area contributed by atoms with Gasteiger partial charge in [-0.25, -0.2) is 9.59 Å². The van der Waals surface area contributed by atoms with Crippen LogP contribution in [0.3, 0.4) is 0 Å². The van der Waals surface area contributed by atoms with E-state index in [1.165, 1.54) is 7.11 Å². The summed E-state index contributed by atoms with van der Waals surface area (Å²) in [5.41, 5.74) is 0.986. The summed E-state index contributed by atoms with van der Waals surface area (Å²) in [5.74, 6) is -6.20. The summed E-state index contributed by atoms with van der Waals surface area (Å²) in [6.45, 7) is 0. The molecular formula is C31H25CoO8-5. The van der Waals surface area contributed by atoms with E-state index in [0.29, 0.717) is 11.1 Å². The van der Waals surface area contributed by atoms with E-state index in [4.69, 9.17) is 18.9 Å². The first-order valence-electron chi connectivity index (χ1n) is 11.7. The molecule has 4 rings (SSSR count). The van der Waals surface area contributed by atoms with Crippen molar-refractivity contribution in [2.45, 2.75) is 0 Å². The van der Waals surface area contributed by atoms with Crippen LogP contribution in [0.1, 0.15) is 11.1 Å². The van der Waals surface area contributed by atoms with Gasteiger partial charge >= 0.3 is 23.9 Å². The summed E-state index contributed by atoms with van der Waals surface area (Å²) >= 11 is 0. The van der Waals surface area contributed by atoms with Gasteiger partial charge in [0.15, 0.2) is 0 Å². The molecule has 1 radical (unpaired) electrons. The molecule has 0 amide bonds.